The fourth-order valence-corrected chi connectivity index (χ4v) is 6.04. The van der Waals surface area contributed by atoms with Crippen molar-refractivity contribution in [1.29, 1.82) is 0 Å². The molecule has 3 N–H and O–H groups in total. The summed E-state index contributed by atoms with van der Waals surface area (Å²) in [6.45, 7) is 13.9. The van der Waals surface area contributed by atoms with E-state index in [2.05, 4.69) is 73.4 Å². The first-order valence-electron chi connectivity index (χ1n) is 16.8. The highest BCUT2D eigenvalue weighted by molar-refractivity contribution is 5.96. The van der Waals surface area contributed by atoms with Crippen molar-refractivity contribution in [2.45, 2.75) is 90.2 Å². The molecule has 1 aliphatic rings. The van der Waals surface area contributed by atoms with Crippen LogP contribution in [0.1, 0.15) is 112 Å². The lowest BCUT2D eigenvalue weighted by Gasteiger charge is -2.32. The van der Waals surface area contributed by atoms with E-state index in [0.29, 0.717) is 50.3 Å². The summed E-state index contributed by atoms with van der Waals surface area (Å²) in [4.78, 5) is 33.1. The molecule has 3 aromatic heterocycles. The van der Waals surface area contributed by atoms with Crippen molar-refractivity contribution in [2.24, 2.45) is 0 Å². The number of Topliss-reactive ketones (excluding diaryl/α,β-unsaturated/α-hetero) is 1. The fraction of sp³-hybridized carbons (Fsp3) is 0.486. The maximum atomic E-state index is 13.4. The molecule has 3 heterocycles. The lowest BCUT2D eigenvalue weighted by molar-refractivity contribution is 0.0970. The molecule has 11 nitrogen and oxygen atoms in total. The summed E-state index contributed by atoms with van der Waals surface area (Å²) in [5.74, 6) is 1.85. The molecule has 0 bridgehead atoms. The molecule has 1 aliphatic carbocycles. The van der Waals surface area contributed by atoms with Crippen LogP contribution in [0.3, 0.4) is 0 Å². The molecule has 11 heteroatoms. The van der Waals surface area contributed by atoms with Crippen molar-refractivity contribution in [2.75, 3.05) is 32.1 Å². The Kier molecular flexibility index (Phi) is 10.5. The van der Waals surface area contributed by atoms with E-state index in [0.717, 1.165) is 33.9 Å². The third-order valence-electron chi connectivity index (χ3n) is 8.71. The van der Waals surface area contributed by atoms with Gasteiger partial charge in [-0.2, -0.15) is 0 Å². The number of aromatic nitrogens is 4. The zero-order chi connectivity index (χ0) is 34.6. The van der Waals surface area contributed by atoms with Gasteiger partial charge in [-0.25, -0.2) is 9.78 Å². The van der Waals surface area contributed by atoms with Crippen molar-refractivity contribution in [1.82, 2.24) is 29.8 Å². The minimum absolute atomic E-state index is 0.0766. The number of carbonyl (C=O) groups excluding carboxylic acids is 2. The van der Waals surface area contributed by atoms with Crippen molar-refractivity contribution in [3.63, 3.8) is 0 Å². The molecule has 4 aromatic rings. The average Bonchev–Trinajstić information content (AvgIpc) is 3.46. The minimum Gasteiger partial charge on any atom is -0.484 e. The summed E-state index contributed by atoms with van der Waals surface area (Å²) in [5.41, 5.74) is 3.63. The Bertz CT molecular complexity index is 1750. The number of aliphatic hydroxyl groups is 1. The van der Waals surface area contributed by atoms with E-state index in [9.17, 15) is 9.59 Å². The Hall–Kier alpha value is -4.35. The number of ketones is 1. The van der Waals surface area contributed by atoms with Crippen LogP contribution in [0.25, 0.3) is 5.65 Å². The second-order valence-corrected chi connectivity index (χ2v) is 14.8. The van der Waals surface area contributed by atoms with Gasteiger partial charge in [-0.1, -0.05) is 65.8 Å². The van der Waals surface area contributed by atoms with Crippen molar-refractivity contribution < 1.29 is 19.4 Å². The third kappa shape index (κ3) is 8.38. The second kappa shape index (κ2) is 14.4. The van der Waals surface area contributed by atoms with E-state index >= 15 is 0 Å². The largest absolute Gasteiger partial charge is 0.484 e. The zero-order valence-electron chi connectivity index (χ0n) is 29.2. The molecule has 0 saturated heterocycles. The summed E-state index contributed by atoms with van der Waals surface area (Å²) < 4.78 is 8.53. The lowest BCUT2D eigenvalue weighted by atomic mass is 9.85. The number of amides is 2. The number of pyridine rings is 2. The van der Waals surface area contributed by atoms with Crippen LogP contribution in [0.4, 0.5) is 10.6 Å². The first kappa shape index (κ1) is 35.0. The molecular formula is C37H49N7O4. The van der Waals surface area contributed by atoms with Gasteiger partial charge in [0.1, 0.15) is 29.2 Å². The quantitative estimate of drug-likeness (QED) is 0.159. The molecule has 0 aliphatic heterocycles. The molecule has 48 heavy (non-hydrogen) atoms. The Balaban J connectivity index is 1.29. The normalized spacial score (nSPS) is 16.5. The molecule has 1 aromatic carbocycles. The predicted octanol–water partition coefficient (Wildman–Crippen LogP) is 6.38. The van der Waals surface area contributed by atoms with Crippen LogP contribution in [0.2, 0.25) is 0 Å². The van der Waals surface area contributed by atoms with E-state index in [1.54, 1.807) is 0 Å². The molecule has 2 atom stereocenters. The van der Waals surface area contributed by atoms with E-state index in [1.807, 2.05) is 65.0 Å². The third-order valence-corrected chi connectivity index (χ3v) is 8.71. The van der Waals surface area contributed by atoms with Crippen molar-refractivity contribution in [3.8, 4) is 5.75 Å². The Morgan fingerprint density at radius 1 is 0.979 bits per heavy atom. The summed E-state index contributed by atoms with van der Waals surface area (Å²) >= 11 is 0. The van der Waals surface area contributed by atoms with Gasteiger partial charge in [0.15, 0.2) is 11.4 Å². The maximum absolute atomic E-state index is 13.4. The number of nitrogens with one attached hydrogen (secondary N) is 2. The molecule has 256 valence electrons. The number of aliphatic hydroxyl groups excluding tert-OH is 1. The highest BCUT2D eigenvalue weighted by Crippen LogP contribution is 2.39. The fourth-order valence-electron chi connectivity index (χ4n) is 6.04. The average molecular weight is 656 g/mol. The zero-order valence-corrected chi connectivity index (χ0v) is 29.2. The number of urea groups is 1. The van der Waals surface area contributed by atoms with Crippen LogP contribution in [0.15, 0.2) is 54.7 Å². The molecule has 2 amide bonds. The number of hydrogen-bond acceptors (Lipinski definition) is 8. The van der Waals surface area contributed by atoms with E-state index in [-0.39, 0.29) is 41.4 Å². The molecule has 0 spiro atoms. The second-order valence-electron chi connectivity index (χ2n) is 14.8. The van der Waals surface area contributed by atoms with E-state index in [4.69, 9.17) is 9.84 Å². The molecule has 5 rings (SSSR count). The van der Waals surface area contributed by atoms with Gasteiger partial charge in [0.25, 0.3) is 0 Å². The molecule has 0 saturated carbocycles. The highest BCUT2D eigenvalue weighted by atomic mass is 16.5. The molecule has 0 fully saturated rings. The standard InChI is InChI=1S/C37H49N7O4/c1-36(2,3)24-21-29(30(46)13-10-18-43(7)19-20-45)38-32(22-24)40-35(47)39-28-15-16-31(27-12-9-8-11-26(27)28)48-25-14-17-33-41-42-34(37(4,5)6)44(33)23-25/h8-9,11-12,14,17,21-23,28,31,45H,10,13,15-16,18-20H2,1-7H3,(H2,38,39,40,47)/t28-,31+/m0/s1. The topological polar surface area (TPSA) is 134 Å². The minimum atomic E-state index is -0.385. The van der Waals surface area contributed by atoms with Gasteiger partial charge >= 0.3 is 6.03 Å². The number of hydrogen-bond donors (Lipinski definition) is 3. The molecule has 0 unspecified atom stereocenters. The number of nitrogens with zero attached hydrogens (tertiary/aromatic N) is 5. The van der Waals surface area contributed by atoms with Gasteiger partial charge in [0.2, 0.25) is 0 Å². The summed E-state index contributed by atoms with van der Waals surface area (Å²) in [7, 11) is 1.92. The Morgan fingerprint density at radius 2 is 1.73 bits per heavy atom. The van der Waals surface area contributed by atoms with Crippen LogP contribution < -0.4 is 15.4 Å². The highest BCUT2D eigenvalue weighted by Gasteiger charge is 2.30. The SMILES string of the molecule is CN(CCO)CCCC(=O)c1cc(C(C)(C)C)cc(NC(=O)N[C@H]2CC[C@@H](Oc3ccc4nnc(C(C)(C)C)n4c3)c3ccccc32)n1. The van der Waals surface area contributed by atoms with Crippen LogP contribution in [-0.2, 0) is 10.8 Å². The lowest BCUT2D eigenvalue weighted by Crippen LogP contribution is -2.36. The molecular weight excluding hydrogens is 606 g/mol. The Morgan fingerprint density at radius 3 is 2.44 bits per heavy atom. The number of anilines is 1. The predicted molar refractivity (Wildman–Crippen MR) is 187 cm³/mol. The monoisotopic (exact) mass is 655 g/mol. The van der Waals surface area contributed by atoms with Gasteiger partial charge in [-0.15, -0.1) is 10.2 Å². The number of fused-ring (bicyclic) bond motifs is 2. The molecule has 0 radical (unpaired) electrons. The number of likely N-dealkylation sites (N-methyl/N-ethyl adjacent to an activating group) is 1. The van der Waals surface area contributed by atoms with Gasteiger partial charge in [-0.3, -0.25) is 14.5 Å². The number of ether oxygens (including phenoxy) is 1. The van der Waals surface area contributed by atoms with Crippen LogP contribution in [0.5, 0.6) is 5.75 Å². The van der Waals surface area contributed by atoms with Crippen LogP contribution in [-0.4, -0.2) is 68.1 Å². The first-order valence-corrected chi connectivity index (χ1v) is 16.8. The van der Waals surface area contributed by atoms with Gasteiger partial charge in [0, 0.05) is 18.4 Å². The number of benzene rings is 1. The summed E-state index contributed by atoms with van der Waals surface area (Å²) in [6.07, 6.45) is 4.13. The van der Waals surface area contributed by atoms with Crippen molar-refractivity contribution in [3.05, 3.63) is 82.9 Å². The summed E-state index contributed by atoms with van der Waals surface area (Å²) in [6, 6.07) is 14.9. The van der Waals surface area contributed by atoms with Gasteiger partial charge in [-0.05, 0) is 79.2 Å². The maximum Gasteiger partial charge on any atom is 0.320 e. The number of carbonyl (C=O) groups is 2. The van der Waals surface area contributed by atoms with E-state index in [1.165, 1.54) is 0 Å². The Labute approximate surface area is 283 Å². The van der Waals surface area contributed by atoms with E-state index < -0.39 is 0 Å². The van der Waals surface area contributed by atoms with Crippen molar-refractivity contribution >= 4 is 23.3 Å². The number of rotatable bonds is 11. The van der Waals surface area contributed by atoms with Crippen LogP contribution >= 0.6 is 0 Å². The smallest absolute Gasteiger partial charge is 0.320 e. The first-order chi connectivity index (χ1) is 22.7. The van der Waals surface area contributed by atoms with Gasteiger partial charge < -0.3 is 20.1 Å². The van der Waals surface area contributed by atoms with Gasteiger partial charge in [0.05, 0.1) is 18.8 Å². The van der Waals surface area contributed by atoms with Crippen LogP contribution in [0, 0.1) is 0 Å². The summed E-state index contributed by atoms with van der Waals surface area (Å²) in [5, 5.41) is 23.9.